The minimum Gasteiger partial charge on any atom is -0.357 e. The Balaban J connectivity index is 0.00000300. The molecule has 6 nitrogen and oxygen atoms in total. The Hall–Kier alpha value is -1.42. The average Bonchev–Trinajstić information content (AvgIpc) is 2.66. The SMILES string of the molecule is CCNC(=NCc1ccccc1F)NCCN1CCN(C(=O)C2CCC2)CC1.I. The van der Waals surface area contributed by atoms with Gasteiger partial charge in [-0.2, -0.15) is 0 Å². The second-order valence-corrected chi connectivity index (χ2v) is 7.51. The van der Waals surface area contributed by atoms with Gasteiger partial charge in [0, 0.05) is 57.3 Å². The summed E-state index contributed by atoms with van der Waals surface area (Å²) in [5, 5.41) is 6.52. The van der Waals surface area contributed by atoms with Crippen LogP contribution in [-0.4, -0.2) is 67.5 Å². The lowest BCUT2D eigenvalue weighted by Gasteiger charge is -2.38. The molecule has 1 saturated heterocycles. The molecule has 2 N–H and O–H groups in total. The van der Waals surface area contributed by atoms with Crippen LogP contribution >= 0.6 is 24.0 Å². The molecule has 0 aromatic heterocycles. The van der Waals surface area contributed by atoms with E-state index in [2.05, 4.69) is 20.5 Å². The number of amides is 1. The summed E-state index contributed by atoms with van der Waals surface area (Å²) in [4.78, 5) is 21.2. The van der Waals surface area contributed by atoms with Gasteiger partial charge in [0.2, 0.25) is 5.91 Å². The summed E-state index contributed by atoms with van der Waals surface area (Å²) in [5.74, 6) is 1.13. The van der Waals surface area contributed by atoms with Crippen LogP contribution in [0.3, 0.4) is 0 Å². The molecule has 29 heavy (non-hydrogen) atoms. The number of carbonyl (C=O) groups is 1. The van der Waals surface area contributed by atoms with Gasteiger partial charge in [-0.25, -0.2) is 9.38 Å². The molecule has 162 valence electrons. The molecular formula is C21H33FIN5O. The summed E-state index contributed by atoms with van der Waals surface area (Å²) >= 11 is 0. The van der Waals surface area contributed by atoms with E-state index >= 15 is 0 Å². The largest absolute Gasteiger partial charge is 0.357 e. The predicted octanol–water partition coefficient (Wildman–Crippen LogP) is 2.44. The van der Waals surface area contributed by atoms with E-state index in [4.69, 9.17) is 0 Å². The lowest BCUT2D eigenvalue weighted by atomic mass is 9.84. The zero-order valence-electron chi connectivity index (χ0n) is 17.2. The Bertz CT molecular complexity index is 675. The Morgan fingerprint density at radius 1 is 1.17 bits per heavy atom. The highest BCUT2D eigenvalue weighted by molar-refractivity contribution is 14.0. The van der Waals surface area contributed by atoms with Crippen LogP contribution in [0, 0.1) is 11.7 Å². The van der Waals surface area contributed by atoms with Gasteiger partial charge in [0.05, 0.1) is 6.54 Å². The minimum atomic E-state index is -0.226. The number of nitrogens with one attached hydrogen (secondary N) is 2. The number of nitrogens with zero attached hydrogens (tertiary/aromatic N) is 3. The molecule has 0 bridgehead atoms. The fourth-order valence-electron chi connectivity index (χ4n) is 3.57. The molecule has 1 heterocycles. The lowest BCUT2D eigenvalue weighted by molar-refractivity contribution is -0.139. The zero-order valence-corrected chi connectivity index (χ0v) is 19.5. The number of hydrogen-bond donors (Lipinski definition) is 2. The number of hydrogen-bond acceptors (Lipinski definition) is 3. The Labute approximate surface area is 190 Å². The summed E-state index contributed by atoms with van der Waals surface area (Å²) in [6.45, 7) is 8.24. The standard InChI is InChI=1S/C21H32FN5O.HI/c1-2-23-21(25-16-18-6-3-4-9-19(18)22)24-10-11-26-12-14-27(15-13-26)20(28)17-7-5-8-17;/h3-4,6,9,17H,2,5,7-8,10-16H2,1H3,(H2,23,24,25);1H. The molecule has 3 rings (SSSR count). The molecule has 8 heteroatoms. The van der Waals surface area contributed by atoms with E-state index in [9.17, 15) is 9.18 Å². The monoisotopic (exact) mass is 517 g/mol. The van der Waals surface area contributed by atoms with Crippen molar-refractivity contribution in [2.24, 2.45) is 10.9 Å². The molecule has 2 fully saturated rings. The molecule has 0 unspecified atom stereocenters. The minimum absolute atomic E-state index is 0. The molecule has 1 aromatic rings. The highest BCUT2D eigenvalue weighted by Gasteiger charge is 2.30. The van der Waals surface area contributed by atoms with Gasteiger partial charge in [0.1, 0.15) is 5.82 Å². The molecule has 1 aliphatic heterocycles. The summed E-state index contributed by atoms with van der Waals surface area (Å²) in [6.07, 6.45) is 3.35. The quantitative estimate of drug-likeness (QED) is 0.332. The summed E-state index contributed by atoms with van der Waals surface area (Å²) in [5.41, 5.74) is 0.590. The molecule has 1 amide bonds. The molecule has 0 atom stereocenters. The third kappa shape index (κ3) is 7.09. The summed E-state index contributed by atoms with van der Waals surface area (Å²) in [7, 11) is 0. The highest BCUT2D eigenvalue weighted by atomic mass is 127. The van der Waals surface area contributed by atoms with E-state index in [1.807, 2.05) is 17.9 Å². The van der Waals surface area contributed by atoms with Gasteiger partial charge in [-0.3, -0.25) is 9.69 Å². The topological polar surface area (TPSA) is 60.0 Å². The lowest BCUT2D eigenvalue weighted by Crippen LogP contribution is -2.52. The number of carbonyl (C=O) groups excluding carboxylic acids is 1. The molecule has 0 radical (unpaired) electrons. The van der Waals surface area contributed by atoms with Gasteiger partial charge in [-0.1, -0.05) is 24.6 Å². The number of piperazine rings is 1. The van der Waals surface area contributed by atoms with Crippen molar-refractivity contribution in [1.29, 1.82) is 0 Å². The van der Waals surface area contributed by atoms with Crippen molar-refractivity contribution >= 4 is 35.8 Å². The molecule has 1 aromatic carbocycles. The second kappa shape index (κ2) is 12.3. The van der Waals surface area contributed by atoms with E-state index in [-0.39, 0.29) is 29.8 Å². The Kier molecular flexibility index (Phi) is 10.1. The normalized spacial score (nSPS) is 18.0. The van der Waals surface area contributed by atoms with Crippen LogP contribution in [0.5, 0.6) is 0 Å². The van der Waals surface area contributed by atoms with Crippen molar-refractivity contribution in [2.75, 3.05) is 45.8 Å². The van der Waals surface area contributed by atoms with Gasteiger partial charge in [-0.15, -0.1) is 24.0 Å². The third-order valence-corrected chi connectivity index (χ3v) is 5.57. The average molecular weight is 517 g/mol. The van der Waals surface area contributed by atoms with Gasteiger partial charge in [-0.05, 0) is 25.8 Å². The van der Waals surface area contributed by atoms with Crippen molar-refractivity contribution < 1.29 is 9.18 Å². The van der Waals surface area contributed by atoms with Gasteiger partial charge < -0.3 is 15.5 Å². The van der Waals surface area contributed by atoms with Crippen molar-refractivity contribution in [3.63, 3.8) is 0 Å². The summed E-state index contributed by atoms with van der Waals surface area (Å²) in [6, 6.07) is 6.72. The number of rotatable bonds is 7. The van der Waals surface area contributed by atoms with E-state index in [0.29, 0.717) is 29.9 Å². The maximum Gasteiger partial charge on any atom is 0.225 e. The van der Waals surface area contributed by atoms with Crippen LogP contribution in [0.15, 0.2) is 29.3 Å². The Morgan fingerprint density at radius 2 is 1.90 bits per heavy atom. The van der Waals surface area contributed by atoms with Crippen molar-refractivity contribution in [3.05, 3.63) is 35.6 Å². The maximum atomic E-state index is 13.7. The fraction of sp³-hybridized carbons (Fsp3) is 0.619. The molecule has 1 aliphatic carbocycles. The first kappa shape index (κ1) is 23.9. The van der Waals surface area contributed by atoms with Crippen LogP contribution in [0.25, 0.3) is 0 Å². The van der Waals surface area contributed by atoms with Crippen LogP contribution in [0.4, 0.5) is 4.39 Å². The maximum absolute atomic E-state index is 13.7. The van der Waals surface area contributed by atoms with Crippen molar-refractivity contribution in [1.82, 2.24) is 20.4 Å². The van der Waals surface area contributed by atoms with Crippen LogP contribution in [0.2, 0.25) is 0 Å². The van der Waals surface area contributed by atoms with Crippen molar-refractivity contribution in [3.8, 4) is 0 Å². The van der Waals surface area contributed by atoms with Crippen LogP contribution in [-0.2, 0) is 11.3 Å². The smallest absolute Gasteiger partial charge is 0.225 e. The number of aliphatic imine (C=N–C) groups is 1. The van der Waals surface area contributed by atoms with Gasteiger partial charge >= 0.3 is 0 Å². The molecular weight excluding hydrogens is 484 g/mol. The van der Waals surface area contributed by atoms with Gasteiger partial charge in [0.15, 0.2) is 5.96 Å². The number of guanidine groups is 1. The van der Waals surface area contributed by atoms with E-state index in [0.717, 1.165) is 58.7 Å². The first-order chi connectivity index (χ1) is 13.7. The zero-order chi connectivity index (χ0) is 19.8. The van der Waals surface area contributed by atoms with Crippen LogP contribution in [0.1, 0.15) is 31.7 Å². The van der Waals surface area contributed by atoms with E-state index in [1.54, 1.807) is 12.1 Å². The van der Waals surface area contributed by atoms with Crippen LogP contribution < -0.4 is 10.6 Å². The van der Waals surface area contributed by atoms with E-state index < -0.39 is 0 Å². The fourth-order valence-corrected chi connectivity index (χ4v) is 3.57. The molecule has 0 spiro atoms. The molecule has 2 aliphatic rings. The van der Waals surface area contributed by atoms with Crippen molar-refractivity contribution in [2.45, 2.75) is 32.7 Å². The number of benzene rings is 1. The second-order valence-electron chi connectivity index (χ2n) is 7.51. The highest BCUT2D eigenvalue weighted by Crippen LogP contribution is 2.28. The number of halogens is 2. The predicted molar refractivity (Wildman–Crippen MR) is 125 cm³/mol. The van der Waals surface area contributed by atoms with Gasteiger partial charge in [0.25, 0.3) is 0 Å². The third-order valence-electron chi connectivity index (χ3n) is 5.57. The Morgan fingerprint density at radius 3 is 2.52 bits per heavy atom. The molecule has 1 saturated carbocycles. The van der Waals surface area contributed by atoms with E-state index in [1.165, 1.54) is 12.5 Å². The summed E-state index contributed by atoms with van der Waals surface area (Å²) < 4.78 is 13.7. The first-order valence-corrected chi connectivity index (χ1v) is 10.4. The first-order valence-electron chi connectivity index (χ1n) is 10.4.